The van der Waals surface area contributed by atoms with Crippen LogP contribution in [0.3, 0.4) is 0 Å². The number of para-hydroxylation sites is 2. The Morgan fingerprint density at radius 1 is 0.586 bits per heavy atom. The van der Waals surface area contributed by atoms with E-state index in [0.717, 1.165) is 0 Å². The predicted octanol–water partition coefficient (Wildman–Crippen LogP) is 4.22. The average Bonchev–Trinajstić information content (AvgIpc) is 3.22. The Hall–Kier alpha value is -5.65. The van der Waals surface area contributed by atoms with Crippen LogP contribution in [0.5, 0.6) is 23.0 Å². The van der Waals surface area contributed by atoms with Crippen LogP contribution in [0.2, 0.25) is 0 Å². The zero-order chi connectivity index (χ0) is 41.8. The van der Waals surface area contributed by atoms with Crippen LogP contribution in [0.4, 0.5) is 4.79 Å². The molecule has 16 heteroatoms. The second-order valence-electron chi connectivity index (χ2n) is 12.4. The van der Waals surface area contributed by atoms with Gasteiger partial charge in [0, 0.05) is 23.8 Å². The fourth-order valence-electron chi connectivity index (χ4n) is 4.47. The van der Waals surface area contributed by atoms with E-state index < -0.39 is 36.7 Å². The molecule has 3 N–H and O–H groups in total. The minimum Gasteiger partial charge on any atom is -0.491 e. The van der Waals surface area contributed by atoms with Crippen molar-refractivity contribution in [3.8, 4) is 23.0 Å². The van der Waals surface area contributed by atoms with Crippen molar-refractivity contribution in [3.63, 3.8) is 0 Å². The molecule has 16 nitrogen and oxygen atoms in total. The fourth-order valence-corrected chi connectivity index (χ4v) is 4.47. The lowest BCUT2D eigenvalue weighted by atomic mass is 10.3. The van der Waals surface area contributed by atoms with Crippen molar-refractivity contribution >= 4 is 18.0 Å². The third-order valence-corrected chi connectivity index (χ3v) is 7.31. The minimum absolute atomic E-state index is 0.0226. The highest BCUT2D eigenvalue weighted by atomic mass is 16.7. The molecule has 0 heterocycles. The van der Waals surface area contributed by atoms with Crippen molar-refractivity contribution in [3.05, 3.63) is 109 Å². The molecular formula is C42H54N2O14. The van der Waals surface area contributed by atoms with E-state index in [1.165, 1.54) is 6.92 Å². The summed E-state index contributed by atoms with van der Waals surface area (Å²) in [4.78, 5) is 35.5. The summed E-state index contributed by atoms with van der Waals surface area (Å²) in [6, 6.07) is 25.3. The number of nitrogens with one attached hydrogen (secondary N) is 2. The molecule has 58 heavy (non-hydrogen) atoms. The molecule has 0 radical (unpaired) electrons. The third-order valence-electron chi connectivity index (χ3n) is 7.31. The average molecular weight is 811 g/mol. The van der Waals surface area contributed by atoms with Crippen LogP contribution in [0, 0.1) is 0 Å². The highest BCUT2D eigenvalue weighted by molar-refractivity contribution is 5.87. The molecule has 0 bridgehead atoms. The molecule has 1 amide bonds. The minimum atomic E-state index is -1.37. The van der Waals surface area contributed by atoms with E-state index in [1.54, 1.807) is 55.5 Å². The van der Waals surface area contributed by atoms with Crippen molar-refractivity contribution < 1.29 is 66.9 Å². The molecule has 0 aliphatic heterocycles. The Morgan fingerprint density at radius 2 is 1.07 bits per heavy atom. The van der Waals surface area contributed by atoms with E-state index >= 15 is 0 Å². The van der Waals surface area contributed by atoms with E-state index in [0.29, 0.717) is 23.0 Å². The highest BCUT2D eigenvalue weighted by Gasteiger charge is 2.18. The number of alkyl carbamates (subject to hydrolysis) is 1. The van der Waals surface area contributed by atoms with E-state index in [1.807, 2.05) is 36.4 Å². The number of ether oxygens (including phenoxy) is 10. The quantitative estimate of drug-likeness (QED) is 0.0285. The standard InChI is InChI=1S/C42H54N2O14/c1-31(2)39(45)53-20-18-43-41(47)57-37(29-55-33-12-7-5-8-13-33)27-49-22-24-51-35-16-11-17-36(26-35)52-25-23-50-28-38(30-56-34-14-9-6-10-15-34)58-42(48)44-19-21-54-40(46)32(3)4/h5-17,26,37-38,41,43,47H,1,3,18-25,27-30H2,2,4H3,(H,44,48). The lowest BCUT2D eigenvalue weighted by Gasteiger charge is -2.22. The Balaban J connectivity index is 1.37. The number of hydrogen-bond acceptors (Lipinski definition) is 15. The number of esters is 2. The predicted molar refractivity (Wildman–Crippen MR) is 212 cm³/mol. The second kappa shape index (κ2) is 27.9. The van der Waals surface area contributed by atoms with Crippen LogP contribution < -0.4 is 29.6 Å². The molecule has 3 aromatic rings. The molecule has 3 rings (SSSR count). The van der Waals surface area contributed by atoms with Crippen LogP contribution in [0.1, 0.15) is 13.8 Å². The number of hydrogen-bond donors (Lipinski definition) is 3. The Bertz CT molecular complexity index is 1660. The number of aliphatic hydroxyl groups is 1. The van der Waals surface area contributed by atoms with Crippen LogP contribution >= 0.6 is 0 Å². The van der Waals surface area contributed by atoms with Gasteiger partial charge in [0.2, 0.25) is 6.41 Å². The van der Waals surface area contributed by atoms with Gasteiger partial charge in [-0.25, -0.2) is 14.4 Å². The molecule has 0 spiro atoms. The van der Waals surface area contributed by atoms with E-state index in [-0.39, 0.29) is 90.3 Å². The van der Waals surface area contributed by atoms with Crippen LogP contribution in [-0.2, 0) is 38.0 Å². The summed E-state index contributed by atoms with van der Waals surface area (Å²) in [6.45, 7) is 11.4. The maximum atomic E-state index is 12.4. The topological polar surface area (TPSA) is 188 Å². The highest BCUT2D eigenvalue weighted by Crippen LogP contribution is 2.19. The normalized spacial score (nSPS) is 12.3. The summed E-state index contributed by atoms with van der Waals surface area (Å²) in [7, 11) is 0. The lowest BCUT2D eigenvalue weighted by Crippen LogP contribution is -2.40. The maximum absolute atomic E-state index is 12.4. The number of rotatable bonds is 30. The van der Waals surface area contributed by atoms with Gasteiger partial charge in [0.15, 0.2) is 6.10 Å². The zero-order valence-electron chi connectivity index (χ0n) is 33.0. The van der Waals surface area contributed by atoms with Gasteiger partial charge in [0.25, 0.3) is 0 Å². The molecule has 3 unspecified atom stereocenters. The SMILES string of the molecule is C=C(C)C(=O)OCCNC(=O)OC(COCCOc1cccc(OCCOCC(COc2ccccc2)OC(O)NCCOC(=O)C(=C)C)c1)COc1ccccc1. The van der Waals surface area contributed by atoms with Gasteiger partial charge in [0.05, 0.1) is 33.0 Å². The molecule has 0 aliphatic rings. The summed E-state index contributed by atoms with van der Waals surface area (Å²) in [6.07, 6.45) is -3.49. The summed E-state index contributed by atoms with van der Waals surface area (Å²) < 4.78 is 55.9. The van der Waals surface area contributed by atoms with Gasteiger partial charge in [-0.1, -0.05) is 55.6 Å². The van der Waals surface area contributed by atoms with E-state index in [2.05, 4.69) is 23.8 Å². The van der Waals surface area contributed by atoms with Crippen molar-refractivity contribution in [2.24, 2.45) is 0 Å². The monoisotopic (exact) mass is 810 g/mol. The molecular weight excluding hydrogens is 756 g/mol. The number of amides is 1. The molecule has 0 saturated carbocycles. The van der Waals surface area contributed by atoms with Gasteiger partial charge in [-0.2, -0.15) is 0 Å². The van der Waals surface area contributed by atoms with Crippen molar-refractivity contribution in [2.75, 3.05) is 79.2 Å². The van der Waals surface area contributed by atoms with Gasteiger partial charge in [0.1, 0.15) is 68.7 Å². The molecule has 0 aliphatic carbocycles. The summed E-state index contributed by atoms with van der Waals surface area (Å²) in [5.41, 5.74) is 0.540. The second-order valence-corrected chi connectivity index (χ2v) is 12.4. The first-order valence-electron chi connectivity index (χ1n) is 18.6. The first kappa shape index (κ1) is 46.7. The summed E-state index contributed by atoms with van der Waals surface area (Å²) in [5, 5.41) is 15.6. The van der Waals surface area contributed by atoms with Gasteiger partial charge in [-0.3, -0.25) is 5.32 Å². The summed E-state index contributed by atoms with van der Waals surface area (Å²) in [5.74, 6) is 1.28. The smallest absolute Gasteiger partial charge is 0.407 e. The van der Waals surface area contributed by atoms with Crippen molar-refractivity contribution in [2.45, 2.75) is 32.5 Å². The lowest BCUT2D eigenvalue weighted by molar-refractivity contribution is -0.177. The van der Waals surface area contributed by atoms with E-state index in [4.69, 9.17) is 47.4 Å². The number of benzene rings is 3. The number of aliphatic hydroxyl groups excluding tert-OH is 1. The van der Waals surface area contributed by atoms with Crippen LogP contribution in [0.25, 0.3) is 0 Å². The van der Waals surface area contributed by atoms with Crippen molar-refractivity contribution in [1.82, 2.24) is 10.6 Å². The third kappa shape index (κ3) is 21.0. The Labute approximate surface area is 338 Å². The first-order chi connectivity index (χ1) is 28.1. The molecule has 0 saturated heterocycles. The Morgan fingerprint density at radius 3 is 1.60 bits per heavy atom. The van der Waals surface area contributed by atoms with Crippen LogP contribution in [-0.4, -0.2) is 121 Å². The number of carbonyl (C=O) groups is 3. The van der Waals surface area contributed by atoms with E-state index in [9.17, 15) is 19.5 Å². The van der Waals surface area contributed by atoms with Gasteiger partial charge >= 0.3 is 18.0 Å². The Kier molecular flexibility index (Phi) is 22.5. The van der Waals surface area contributed by atoms with Gasteiger partial charge < -0.3 is 57.8 Å². The molecule has 3 atom stereocenters. The molecule has 3 aromatic carbocycles. The zero-order valence-corrected chi connectivity index (χ0v) is 33.0. The molecule has 316 valence electrons. The van der Waals surface area contributed by atoms with Crippen molar-refractivity contribution in [1.29, 1.82) is 0 Å². The number of carbonyl (C=O) groups excluding carboxylic acids is 3. The molecule has 0 fully saturated rings. The van der Waals surface area contributed by atoms with Gasteiger partial charge in [-0.05, 0) is 50.2 Å². The first-order valence-corrected chi connectivity index (χ1v) is 18.6. The maximum Gasteiger partial charge on any atom is 0.407 e. The molecule has 0 aromatic heterocycles. The van der Waals surface area contributed by atoms with Gasteiger partial charge in [-0.15, -0.1) is 0 Å². The largest absolute Gasteiger partial charge is 0.491 e. The fraction of sp³-hybridized carbons (Fsp3) is 0.405. The van der Waals surface area contributed by atoms with Crippen LogP contribution in [0.15, 0.2) is 109 Å². The summed E-state index contributed by atoms with van der Waals surface area (Å²) >= 11 is 0.